The van der Waals surface area contributed by atoms with Gasteiger partial charge in [-0.15, -0.1) is 0 Å². The van der Waals surface area contributed by atoms with E-state index in [0.717, 1.165) is 32.1 Å². The van der Waals surface area contributed by atoms with E-state index in [-0.39, 0.29) is 12.2 Å². The zero-order valence-corrected chi connectivity index (χ0v) is 15.4. The molecule has 0 aliphatic heterocycles. The number of aliphatic hydroxyl groups is 2. The molecule has 0 aromatic heterocycles. The Morgan fingerprint density at radius 1 is 0.667 bits per heavy atom. The van der Waals surface area contributed by atoms with Crippen LogP contribution in [0, 0.1) is 5.92 Å². The fourth-order valence-electron chi connectivity index (χ4n) is 2.27. The topological polar surface area (TPSA) is 40.5 Å². The first kappa shape index (κ1) is 23.2. The SMILES string of the molecule is CCCCCC(O)C(C)CC.CCCCCC(O)CCC. The minimum atomic E-state index is -0.0634. The molecule has 0 amide bonds. The van der Waals surface area contributed by atoms with Gasteiger partial charge in [0.05, 0.1) is 12.2 Å². The van der Waals surface area contributed by atoms with Crippen LogP contribution in [-0.2, 0) is 0 Å². The normalized spacial score (nSPS) is 15.0. The van der Waals surface area contributed by atoms with E-state index in [9.17, 15) is 10.2 Å². The molecule has 0 saturated carbocycles. The second-order valence-electron chi connectivity index (χ2n) is 6.39. The standard InChI is InChI=1S/C10H22O.C9H20O/c1-4-6-7-8-10(11)9(3)5-2;1-3-5-6-8-9(10)7-4-2/h9-11H,4-8H2,1-3H3;9-10H,3-8H2,1-2H3. The van der Waals surface area contributed by atoms with Gasteiger partial charge in [-0.3, -0.25) is 0 Å². The Bertz CT molecular complexity index is 182. The lowest BCUT2D eigenvalue weighted by atomic mass is 9.97. The van der Waals surface area contributed by atoms with Gasteiger partial charge in [0, 0.05) is 0 Å². The maximum absolute atomic E-state index is 9.54. The van der Waals surface area contributed by atoms with Crippen LogP contribution in [0.4, 0.5) is 0 Å². The van der Waals surface area contributed by atoms with Crippen molar-refractivity contribution < 1.29 is 10.2 Å². The third-order valence-corrected chi connectivity index (χ3v) is 4.17. The van der Waals surface area contributed by atoms with Gasteiger partial charge in [0.2, 0.25) is 0 Å². The lowest BCUT2D eigenvalue weighted by Crippen LogP contribution is -2.16. The largest absolute Gasteiger partial charge is 0.393 e. The van der Waals surface area contributed by atoms with E-state index in [1.807, 2.05) is 0 Å². The van der Waals surface area contributed by atoms with Gasteiger partial charge in [-0.1, -0.05) is 86.0 Å². The highest BCUT2D eigenvalue weighted by Crippen LogP contribution is 2.13. The van der Waals surface area contributed by atoms with Gasteiger partial charge in [-0.05, 0) is 25.2 Å². The smallest absolute Gasteiger partial charge is 0.0565 e. The molecule has 0 spiro atoms. The van der Waals surface area contributed by atoms with Crippen LogP contribution in [0.5, 0.6) is 0 Å². The number of hydrogen-bond donors (Lipinski definition) is 2. The summed E-state index contributed by atoms with van der Waals surface area (Å²) in [5, 5.41) is 18.8. The van der Waals surface area contributed by atoms with Crippen molar-refractivity contribution in [1.82, 2.24) is 0 Å². The lowest BCUT2D eigenvalue weighted by molar-refractivity contribution is 0.103. The molecule has 0 fully saturated rings. The average molecular weight is 303 g/mol. The predicted octanol–water partition coefficient (Wildman–Crippen LogP) is 5.70. The first-order valence-corrected chi connectivity index (χ1v) is 9.39. The Balaban J connectivity index is 0. The molecule has 130 valence electrons. The van der Waals surface area contributed by atoms with E-state index in [2.05, 4.69) is 34.6 Å². The van der Waals surface area contributed by atoms with Crippen molar-refractivity contribution in [2.75, 3.05) is 0 Å². The summed E-state index contributed by atoms with van der Waals surface area (Å²) in [7, 11) is 0. The summed E-state index contributed by atoms with van der Waals surface area (Å²) in [5.74, 6) is 0.479. The molecule has 3 unspecified atom stereocenters. The van der Waals surface area contributed by atoms with E-state index in [4.69, 9.17) is 0 Å². The number of rotatable bonds is 12. The second-order valence-corrected chi connectivity index (χ2v) is 6.39. The fourth-order valence-corrected chi connectivity index (χ4v) is 2.27. The Hall–Kier alpha value is -0.0800. The zero-order chi connectivity index (χ0) is 16.5. The fraction of sp³-hybridized carbons (Fsp3) is 1.00. The second kappa shape index (κ2) is 18.0. The van der Waals surface area contributed by atoms with Crippen LogP contribution in [0.1, 0.15) is 105 Å². The van der Waals surface area contributed by atoms with Gasteiger partial charge in [0.15, 0.2) is 0 Å². The molecule has 0 aliphatic carbocycles. The molecule has 2 heteroatoms. The maximum atomic E-state index is 9.54. The molecule has 2 N–H and O–H groups in total. The van der Waals surface area contributed by atoms with Crippen LogP contribution in [0.25, 0.3) is 0 Å². The van der Waals surface area contributed by atoms with Gasteiger partial charge in [-0.2, -0.15) is 0 Å². The first-order valence-electron chi connectivity index (χ1n) is 9.39. The third kappa shape index (κ3) is 17.9. The van der Waals surface area contributed by atoms with Crippen molar-refractivity contribution >= 4 is 0 Å². The number of hydrogen-bond acceptors (Lipinski definition) is 2. The molecule has 0 rings (SSSR count). The molecule has 21 heavy (non-hydrogen) atoms. The molecule has 2 nitrogen and oxygen atoms in total. The van der Waals surface area contributed by atoms with E-state index < -0.39 is 0 Å². The Morgan fingerprint density at radius 2 is 1.19 bits per heavy atom. The maximum Gasteiger partial charge on any atom is 0.0565 e. The molecule has 0 radical (unpaired) electrons. The molecule has 0 aromatic carbocycles. The quantitative estimate of drug-likeness (QED) is 0.454. The van der Waals surface area contributed by atoms with Gasteiger partial charge in [0.25, 0.3) is 0 Å². The van der Waals surface area contributed by atoms with Crippen LogP contribution >= 0.6 is 0 Å². The molecular weight excluding hydrogens is 260 g/mol. The minimum Gasteiger partial charge on any atom is -0.393 e. The Morgan fingerprint density at radius 3 is 1.62 bits per heavy atom. The molecule has 3 atom stereocenters. The van der Waals surface area contributed by atoms with E-state index in [1.165, 1.54) is 38.5 Å². The van der Waals surface area contributed by atoms with E-state index >= 15 is 0 Å². The Labute approximate surface area is 134 Å². The van der Waals surface area contributed by atoms with E-state index in [0.29, 0.717) is 5.92 Å². The van der Waals surface area contributed by atoms with Gasteiger partial charge < -0.3 is 10.2 Å². The predicted molar refractivity (Wildman–Crippen MR) is 94.7 cm³/mol. The van der Waals surface area contributed by atoms with Crippen LogP contribution in [0.2, 0.25) is 0 Å². The third-order valence-electron chi connectivity index (χ3n) is 4.17. The van der Waals surface area contributed by atoms with Crippen LogP contribution in [0.3, 0.4) is 0 Å². The van der Waals surface area contributed by atoms with Gasteiger partial charge in [-0.25, -0.2) is 0 Å². The number of aliphatic hydroxyl groups excluding tert-OH is 2. The molecule has 0 saturated heterocycles. The monoisotopic (exact) mass is 302 g/mol. The van der Waals surface area contributed by atoms with Crippen LogP contribution < -0.4 is 0 Å². The van der Waals surface area contributed by atoms with Gasteiger partial charge >= 0.3 is 0 Å². The summed E-state index contributed by atoms with van der Waals surface area (Å²) in [6.45, 7) is 10.7. The summed E-state index contributed by atoms with van der Waals surface area (Å²) >= 11 is 0. The van der Waals surface area contributed by atoms with Crippen molar-refractivity contribution in [2.24, 2.45) is 5.92 Å². The zero-order valence-electron chi connectivity index (χ0n) is 15.4. The number of unbranched alkanes of at least 4 members (excludes halogenated alkanes) is 4. The van der Waals surface area contributed by atoms with Crippen molar-refractivity contribution in [3.05, 3.63) is 0 Å². The van der Waals surface area contributed by atoms with Crippen LogP contribution in [-0.4, -0.2) is 22.4 Å². The highest BCUT2D eigenvalue weighted by atomic mass is 16.3. The van der Waals surface area contributed by atoms with E-state index in [1.54, 1.807) is 0 Å². The molecule has 0 aromatic rings. The average Bonchev–Trinajstić information content (AvgIpc) is 2.47. The minimum absolute atomic E-state index is 0.0310. The molecule has 0 aliphatic rings. The highest BCUT2D eigenvalue weighted by molar-refractivity contribution is 4.62. The van der Waals surface area contributed by atoms with Crippen molar-refractivity contribution in [1.29, 1.82) is 0 Å². The summed E-state index contributed by atoms with van der Waals surface area (Å²) in [6, 6.07) is 0. The van der Waals surface area contributed by atoms with Crippen LogP contribution in [0.15, 0.2) is 0 Å². The summed E-state index contributed by atoms with van der Waals surface area (Å²) in [6.07, 6.45) is 12.5. The molecular formula is C19H42O2. The lowest BCUT2D eigenvalue weighted by Gasteiger charge is -2.16. The first-order chi connectivity index (χ1) is 10.0. The summed E-state index contributed by atoms with van der Waals surface area (Å²) in [5.41, 5.74) is 0. The summed E-state index contributed by atoms with van der Waals surface area (Å²) < 4.78 is 0. The molecule has 0 heterocycles. The van der Waals surface area contributed by atoms with Crippen molar-refractivity contribution in [2.45, 2.75) is 117 Å². The summed E-state index contributed by atoms with van der Waals surface area (Å²) in [4.78, 5) is 0. The molecule has 0 bridgehead atoms. The van der Waals surface area contributed by atoms with Crippen molar-refractivity contribution in [3.63, 3.8) is 0 Å². The van der Waals surface area contributed by atoms with Gasteiger partial charge in [0.1, 0.15) is 0 Å². The Kier molecular flexibility index (Phi) is 19.8. The van der Waals surface area contributed by atoms with Crippen molar-refractivity contribution in [3.8, 4) is 0 Å². The highest BCUT2D eigenvalue weighted by Gasteiger charge is 2.10.